The third kappa shape index (κ3) is 2.17. The van der Waals surface area contributed by atoms with Gasteiger partial charge in [0.25, 0.3) is 5.82 Å². The fourth-order valence-corrected chi connectivity index (χ4v) is 3.88. The molecule has 0 unspecified atom stereocenters. The van der Waals surface area contributed by atoms with Crippen molar-refractivity contribution in [3.05, 3.63) is 65.9 Å². The van der Waals surface area contributed by atoms with Crippen LogP contribution in [0.2, 0.25) is 0 Å². The predicted molar refractivity (Wildman–Crippen MR) is 109 cm³/mol. The minimum Gasteiger partial charge on any atom is -0.455 e. The van der Waals surface area contributed by atoms with Gasteiger partial charge in [0.1, 0.15) is 11.3 Å². The first-order valence-corrected chi connectivity index (χ1v) is 8.83. The van der Waals surface area contributed by atoms with E-state index in [0.29, 0.717) is 0 Å². The molecule has 4 rings (SSSR count). The first-order chi connectivity index (χ1) is 12.6. The van der Waals surface area contributed by atoms with Crippen molar-refractivity contribution >= 4 is 34.2 Å². The van der Waals surface area contributed by atoms with Crippen molar-refractivity contribution in [3.8, 4) is 11.4 Å². The largest absolute Gasteiger partial charge is 0.455 e. The van der Waals surface area contributed by atoms with Crippen molar-refractivity contribution < 1.29 is 8.98 Å². The van der Waals surface area contributed by atoms with Crippen LogP contribution in [0.4, 0.5) is 0 Å². The summed E-state index contributed by atoms with van der Waals surface area (Å²) in [6.45, 7) is 8.08. The van der Waals surface area contributed by atoms with Crippen LogP contribution in [0.25, 0.3) is 45.5 Å². The molecule has 26 heavy (non-hydrogen) atoms. The Morgan fingerprint density at radius 2 is 1.92 bits per heavy atom. The standard InChI is InChI=1S/C23H23N2O/c1-6-10-16-17-14-13-15(3)21(22(17)26-20(16)7-2)23-24(4)18-11-8-9-12-19(18)25(23)5/h6-14H,2H2,1,3-5H3/q+1/b10-6-. The van der Waals surface area contributed by atoms with Gasteiger partial charge in [0.15, 0.2) is 16.6 Å². The molecule has 2 heterocycles. The maximum absolute atomic E-state index is 6.28. The van der Waals surface area contributed by atoms with Crippen molar-refractivity contribution in [2.75, 3.05) is 0 Å². The molecule has 4 aromatic rings. The van der Waals surface area contributed by atoms with Crippen LogP contribution in [0.3, 0.4) is 0 Å². The van der Waals surface area contributed by atoms with E-state index >= 15 is 0 Å². The molecular weight excluding hydrogens is 320 g/mol. The number of aromatic nitrogens is 2. The number of rotatable bonds is 3. The summed E-state index contributed by atoms with van der Waals surface area (Å²) in [7, 11) is 4.22. The maximum atomic E-state index is 6.28. The molecule has 2 aromatic heterocycles. The summed E-state index contributed by atoms with van der Waals surface area (Å²) in [6, 6.07) is 12.8. The number of furan rings is 1. The molecule has 3 heteroatoms. The average Bonchev–Trinajstić information content (AvgIpc) is 3.12. The van der Waals surface area contributed by atoms with Gasteiger partial charge in [0.2, 0.25) is 0 Å². The number of aryl methyl sites for hydroxylation is 3. The van der Waals surface area contributed by atoms with Crippen molar-refractivity contribution in [1.82, 2.24) is 4.57 Å². The van der Waals surface area contributed by atoms with Gasteiger partial charge in [-0.2, -0.15) is 0 Å². The third-order valence-electron chi connectivity index (χ3n) is 5.12. The number of hydrogen-bond donors (Lipinski definition) is 0. The minimum atomic E-state index is 0.811. The number of imidazole rings is 1. The summed E-state index contributed by atoms with van der Waals surface area (Å²) in [5.41, 5.74) is 6.71. The van der Waals surface area contributed by atoms with Crippen LogP contribution in [-0.4, -0.2) is 4.57 Å². The van der Waals surface area contributed by atoms with Crippen LogP contribution >= 0.6 is 0 Å². The lowest BCUT2D eigenvalue weighted by Gasteiger charge is -2.05. The van der Waals surface area contributed by atoms with E-state index in [1.807, 2.05) is 13.0 Å². The van der Waals surface area contributed by atoms with Crippen molar-refractivity contribution in [2.45, 2.75) is 13.8 Å². The lowest BCUT2D eigenvalue weighted by molar-refractivity contribution is -0.634. The summed E-state index contributed by atoms with van der Waals surface area (Å²) >= 11 is 0. The van der Waals surface area contributed by atoms with Gasteiger partial charge >= 0.3 is 0 Å². The highest BCUT2D eigenvalue weighted by atomic mass is 16.3. The molecule has 0 bridgehead atoms. The first-order valence-electron chi connectivity index (χ1n) is 8.83. The third-order valence-corrected chi connectivity index (χ3v) is 5.12. The summed E-state index contributed by atoms with van der Waals surface area (Å²) in [6.07, 6.45) is 5.91. The highest BCUT2D eigenvalue weighted by Crippen LogP contribution is 2.37. The van der Waals surface area contributed by atoms with Crippen LogP contribution in [0, 0.1) is 6.92 Å². The number of fused-ring (bicyclic) bond motifs is 2. The Morgan fingerprint density at radius 1 is 1.15 bits per heavy atom. The molecule has 0 aliphatic carbocycles. The molecule has 0 aliphatic heterocycles. The predicted octanol–water partition coefficient (Wildman–Crippen LogP) is 5.40. The van der Waals surface area contributed by atoms with E-state index in [-0.39, 0.29) is 0 Å². The molecule has 3 nitrogen and oxygen atoms in total. The topological polar surface area (TPSA) is 21.9 Å². The summed E-state index contributed by atoms with van der Waals surface area (Å²) < 4.78 is 10.8. The second kappa shape index (κ2) is 6.03. The Balaban J connectivity index is 2.16. The molecule has 0 N–H and O–H groups in total. The van der Waals surface area contributed by atoms with Gasteiger partial charge in [0.05, 0.1) is 14.1 Å². The summed E-state index contributed by atoms with van der Waals surface area (Å²) in [5.74, 6) is 1.94. The van der Waals surface area contributed by atoms with Crippen molar-refractivity contribution in [2.24, 2.45) is 14.1 Å². The van der Waals surface area contributed by atoms with E-state index in [9.17, 15) is 0 Å². The fourth-order valence-electron chi connectivity index (χ4n) is 3.88. The minimum absolute atomic E-state index is 0.811. The smallest absolute Gasteiger partial charge is 0.293 e. The van der Waals surface area contributed by atoms with E-state index in [0.717, 1.165) is 33.7 Å². The van der Waals surface area contributed by atoms with Crippen LogP contribution in [0.5, 0.6) is 0 Å². The van der Waals surface area contributed by atoms with Gasteiger partial charge in [-0.3, -0.25) is 0 Å². The number of nitrogens with zero attached hydrogens (tertiary/aromatic N) is 2. The Bertz CT molecular complexity index is 1150. The van der Waals surface area contributed by atoms with Crippen molar-refractivity contribution in [3.63, 3.8) is 0 Å². The van der Waals surface area contributed by atoms with Gasteiger partial charge in [-0.15, -0.1) is 0 Å². The number of para-hydroxylation sites is 2. The van der Waals surface area contributed by atoms with Crippen LogP contribution in [0.1, 0.15) is 23.8 Å². The maximum Gasteiger partial charge on any atom is 0.293 e. The molecular formula is C23H23N2O+. The Morgan fingerprint density at radius 3 is 2.62 bits per heavy atom. The lowest BCUT2D eigenvalue weighted by Crippen LogP contribution is -2.30. The van der Waals surface area contributed by atoms with Gasteiger partial charge < -0.3 is 4.42 Å². The molecule has 130 valence electrons. The molecule has 0 radical (unpaired) electrons. The van der Waals surface area contributed by atoms with Gasteiger partial charge in [-0.1, -0.05) is 43.0 Å². The quantitative estimate of drug-likeness (QED) is 0.456. The average molecular weight is 343 g/mol. The molecule has 0 saturated carbocycles. The van der Waals surface area contributed by atoms with Gasteiger partial charge in [0, 0.05) is 10.9 Å². The Kier molecular flexibility index (Phi) is 3.80. The zero-order valence-corrected chi connectivity index (χ0v) is 15.7. The van der Waals surface area contributed by atoms with E-state index in [1.54, 1.807) is 6.08 Å². The fraction of sp³-hybridized carbons (Fsp3) is 0.174. The summed E-state index contributed by atoms with van der Waals surface area (Å²) in [5, 5.41) is 1.11. The highest BCUT2D eigenvalue weighted by Gasteiger charge is 2.27. The molecule has 0 saturated heterocycles. The van der Waals surface area contributed by atoms with Crippen LogP contribution in [-0.2, 0) is 14.1 Å². The van der Waals surface area contributed by atoms with E-state index in [2.05, 4.69) is 79.2 Å². The number of hydrogen-bond acceptors (Lipinski definition) is 1. The monoisotopic (exact) mass is 343 g/mol. The van der Waals surface area contributed by atoms with Crippen LogP contribution in [0.15, 0.2) is 53.5 Å². The zero-order valence-electron chi connectivity index (χ0n) is 15.7. The van der Waals surface area contributed by atoms with E-state index in [4.69, 9.17) is 4.42 Å². The van der Waals surface area contributed by atoms with Crippen molar-refractivity contribution in [1.29, 1.82) is 0 Å². The van der Waals surface area contributed by atoms with Crippen LogP contribution < -0.4 is 4.57 Å². The van der Waals surface area contributed by atoms with E-state index in [1.165, 1.54) is 16.6 Å². The second-order valence-electron chi connectivity index (χ2n) is 6.65. The molecule has 0 fully saturated rings. The lowest BCUT2D eigenvalue weighted by atomic mass is 10.0. The number of benzene rings is 2. The SMILES string of the molecule is C=Cc1oc2c(-c3n(C)c4ccccc4[n+]3C)c(C)ccc2c1/C=C\C. The highest BCUT2D eigenvalue weighted by molar-refractivity contribution is 5.99. The van der Waals surface area contributed by atoms with Gasteiger partial charge in [-0.25, -0.2) is 9.13 Å². The molecule has 0 atom stereocenters. The second-order valence-corrected chi connectivity index (χ2v) is 6.65. The molecule has 2 aromatic carbocycles. The Labute approximate surface area is 153 Å². The van der Waals surface area contributed by atoms with Gasteiger partial charge in [-0.05, 0) is 37.6 Å². The summed E-state index contributed by atoms with van der Waals surface area (Å²) in [4.78, 5) is 0. The Hall–Kier alpha value is -3.07. The normalized spacial score (nSPS) is 11.8. The van der Waals surface area contributed by atoms with E-state index < -0.39 is 0 Å². The molecule has 0 aliphatic rings. The first kappa shape index (κ1) is 16.4. The molecule has 0 spiro atoms. The molecule has 0 amide bonds. The number of allylic oxidation sites excluding steroid dienone is 1. The zero-order chi connectivity index (χ0) is 18.4.